The highest BCUT2D eigenvalue weighted by Crippen LogP contribution is 2.11. The van der Waals surface area contributed by atoms with Gasteiger partial charge in [-0.05, 0) is 31.9 Å². The first-order chi connectivity index (χ1) is 11.8. The molecule has 0 atom stereocenters. The molecule has 6 nitrogen and oxygen atoms in total. The highest BCUT2D eigenvalue weighted by molar-refractivity contribution is 14.0. The number of nitrogens with zero attached hydrogens (tertiary/aromatic N) is 1. The molecule has 0 aliphatic heterocycles. The van der Waals surface area contributed by atoms with Crippen molar-refractivity contribution in [2.75, 3.05) is 53.7 Å². The van der Waals surface area contributed by atoms with Gasteiger partial charge in [0, 0.05) is 33.9 Å². The van der Waals surface area contributed by atoms with Crippen molar-refractivity contribution in [3.8, 4) is 5.75 Å². The molecule has 0 saturated carbocycles. The molecule has 0 aromatic heterocycles. The minimum atomic E-state index is 0. The van der Waals surface area contributed by atoms with Gasteiger partial charge in [0.25, 0.3) is 0 Å². The molecule has 0 fully saturated rings. The monoisotopic (exact) mass is 465 g/mol. The standard InChI is InChI=1S/C18H31N3O3.HI/c1-16-6-8-17(9-7-16)24-13-5-11-21-18(19-2)20-10-4-12-23-15-14-22-3;/h6-9H,4-5,10-15H2,1-3H3,(H2,19,20,21);1H. The van der Waals surface area contributed by atoms with Crippen LogP contribution >= 0.6 is 24.0 Å². The van der Waals surface area contributed by atoms with Crippen molar-refractivity contribution >= 4 is 29.9 Å². The maximum absolute atomic E-state index is 5.69. The third kappa shape index (κ3) is 12.9. The molecule has 0 unspecified atom stereocenters. The van der Waals surface area contributed by atoms with E-state index in [1.807, 2.05) is 12.1 Å². The van der Waals surface area contributed by atoms with Crippen LogP contribution in [0.4, 0.5) is 0 Å². The van der Waals surface area contributed by atoms with Gasteiger partial charge in [-0.15, -0.1) is 24.0 Å². The molecule has 25 heavy (non-hydrogen) atoms. The van der Waals surface area contributed by atoms with Crippen molar-refractivity contribution in [1.82, 2.24) is 10.6 Å². The van der Waals surface area contributed by atoms with Crippen LogP contribution in [0.5, 0.6) is 5.75 Å². The van der Waals surface area contributed by atoms with Crippen molar-refractivity contribution < 1.29 is 14.2 Å². The number of rotatable bonds is 12. The zero-order valence-corrected chi connectivity index (χ0v) is 17.9. The van der Waals surface area contributed by atoms with E-state index in [2.05, 4.69) is 34.7 Å². The summed E-state index contributed by atoms with van der Waals surface area (Å²) in [7, 11) is 3.44. The van der Waals surface area contributed by atoms with E-state index in [-0.39, 0.29) is 24.0 Å². The van der Waals surface area contributed by atoms with Crippen LogP contribution in [0.25, 0.3) is 0 Å². The summed E-state index contributed by atoms with van der Waals surface area (Å²) >= 11 is 0. The topological polar surface area (TPSA) is 64.1 Å². The summed E-state index contributed by atoms with van der Waals surface area (Å²) < 4.78 is 16.0. The van der Waals surface area contributed by atoms with E-state index in [9.17, 15) is 0 Å². The summed E-state index contributed by atoms with van der Waals surface area (Å²) in [5.41, 5.74) is 1.24. The van der Waals surface area contributed by atoms with Gasteiger partial charge >= 0.3 is 0 Å². The maximum Gasteiger partial charge on any atom is 0.190 e. The quantitative estimate of drug-likeness (QED) is 0.215. The van der Waals surface area contributed by atoms with Crippen molar-refractivity contribution in [3.05, 3.63) is 29.8 Å². The first-order valence-corrected chi connectivity index (χ1v) is 8.47. The first kappa shape index (κ1) is 23.9. The Morgan fingerprint density at radius 2 is 1.60 bits per heavy atom. The minimum absolute atomic E-state index is 0. The molecule has 0 bridgehead atoms. The van der Waals surface area contributed by atoms with Crippen LogP contribution in [0, 0.1) is 6.92 Å². The third-order valence-electron chi connectivity index (χ3n) is 3.32. The lowest BCUT2D eigenvalue weighted by Gasteiger charge is -2.12. The van der Waals surface area contributed by atoms with Gasteiger partial charge in [0.2, 0.25) is 0 Å². The van der Waals surface area contributed by atoms with Gasteiger partial charge < -0.3 is 24.8 Å². The zero-order chi connectivity index (χ0) is 17.5. The number of methoxy groups -OCH3 is 1. The molecule has 7 heteroatoms. The number of nitrogens with one attached hydrogen (secondary N) is 2. The van der Waals surface area contributed by atoms with E-state index < -0.39 is 0 Å². The largest absolute Gasteiger partial charge is 0.494 e. The van der Waals surface area contributed by atoms with E-state index in [4.69, 9.17) is 14.2 Å². The fourth-order valence-electron chi connectivity index (χ4n) is 1.95. The molecule has 0 aliphatic rings. The van der Waals surface area contributed by atoms with Crippen LogP contribution in [-0.4, -0.2) is 59.6 Å². The fourth-order valence-corrected chi connectivity index (χ4v) is 1.95. The molecule has 144 valence electrons. The molecule has 1 rings (SSSR count). The molecule has 2 N–H and O–H groups in total. The first-order valence-electron chi connectivity index (χ1n) is 8.47. The Kier molecular flexibility index (Phi) is 15.7. The predicted molar refractivity (Wildman–Crippen MR) is 113 cm³/mol. The molecular weight excluding hydrogens is 433 g/mol. The highest BCUT2D eigenvalue weighted by atomic mass is 127. The molecule has 0 aliphatic carbocycles. The predicted octanol–water partition coefficient (Wildman–Crippen LogP) is 2.60. The number of aliphatic imine (C=N–C) groups is 1. The van der Waals surface area contributed by atoms with Crippen LogP contribution in [0.15, 0.2) is 29.3 Å². The summed E-state index contributed by atoms with van der Waals surface area (Å²) in [6.07, 6.45) is 1.84. The van der Waals surface area contributed by atoms with Crippen LogP contribution in [0.2, 0.25) is 0 Å². The smallest absolute Gasteiger partial charge is 0.190 e. The van der Waals surface area contributed by atoms with E-state index in [0.29, 0.717) is 19.8 Å². The zero-order valence-electron chi connectivity index (χ0n) is 15.5. The van der Waals surface area contributed by atoms with Gasteiger partial charge in [-0.1, -0.05) is 17.7 Å². The van der Waals surface area contributed by atoms with Crippen LogP contribution in [-0.2, 0) is 9.47 Å². The second kappa shape index (κ2) is 16.4. The van der Waals surface area contributed by atoms with Crippen molar-refractivity contribution in [1.29, 1.82) is 0 Å². The van der Waals surface area contributed by atoms with Gasteiger partial charge in [0.1, 0.15) is 5.75 Å². The highest BCUT2D eigenvalue weighted by Gasteiger charge is 1.98. The van der Waals surface area contributed by atoms with Gasteiger partial charge in [-0.2, -0.15) is 0 Å². The number of hydrogen-bond donors (Lipinski definition) is 2. The summed E-state index contributed by atoms with van der Waals surface area (Å²) in [5, 5.41) is 6.54. The average Bonchev–Trinajstić information content (AvgIpc) is 2.60. The van der Waals surface area contributed by atoms with Crippen molar-refractivity contribution in [3.63, 3.8) is 0 Å². The summed E-state index contributed by atoms with van der Waals surface area (Å²) in [6, 6.07) is 8.10. The van der Waals surface area contributed by atoms with Crippen LogP contribution in [0.1, 0.15) is 18.4 Å². The fraction of sp³-hybridized carbons (Fsp3) is 0.611. The number of halogens is 1. The number of benzene rings is 1. The van der Waals surface area contributed by atoms with Gasteiger partial charge in [0.05, 0.1) is 19.8 Å². The van der Waals surface area contributed by atoms with Crippen molar-refractivity contribution in [2.45, 2.75) is 19.8 Å². The Labute approximate surface area is 168 Å². The number of hydrogen-bond acceptors (Lipinski definition) is 4. The second-order valence-electron chi connectivity index (χ2n) is 5.40. The molecular formula is C18H32IN3O3. The molecule has 1 aromatic rings. The Morgan fingerprint density at radius 1 is 0.960 bits per heavy atom. The van der Waals surface area contributed by atoms with E-state index >= 15 is 0 Å². The Morgan fingerprint density at radius 3 is 2.20 bits per heavy atom. The maximum atomic E-state index is 5.69. The van der Waals surface area contributed by atoms with Gasteiger partial charge in [-0.3, -0.25) is 4.99 Å². The summed E-state index contributed by atoms with van der Waals surface area (Å²) in [6.45, 7) is 6.39. The van der Waals surface area contributed by atoms with E-state index in [0.717, 1.165) is 44.2 Å². The molecule has 0 heterocycles. The second-order valence-corrected chi connectivity index (χ2v) is 5.40. The normalized spacial score (nSPS) is 10.9. The lowest BCUT2D eigenvalue weighted by atomic mass is 10.2. The Hall–Kier alpha value is -1.06. The molecule has 1 aromatic carbocycles. The minimum Gasteiger partial charge on any atom is -0.494 e. The molecule has 0 saturated heterocycles. The third-order valence-corrected chi connectivity index (χ3v) is 3.32. The van der Waals surface area contributed by atoms with E-state index in [1.54, 1.807) is 14.2 Å². The van der Waals surface area contributed by atoms with Crippen LogP contribution in [0.3, 0.4) is 0 Å². The molecule has 0 amide bonds. The SMILES string of the molecule is CN=C(NCCCOCCOC)NCCCOc1ccc(C)cc1.I. The van der Waals surface area contributed by atoms with Gasteiger partial charge in [-0.25, -0.2) is 0 Å². The lowest BCUT2D eigenvalue weighted by molar-refractivity contribution is 0.0698. The van der Waals surface area contributed by atoms with E-state index in [1.165, 1.54) is 5.56 Å². The number of guanidine groups is 1. The van der Waals surface area contributed by atoms with Crippen molar-refractivity contribution in [2.24, 2.45) is 4.99 Å². The Balaban J connectivity index is 0.00000576. The number of ether oxygens (including phenoxy) is 3. The summed E-state index contributed by atoms with van der Waals surface area (Å²) in [4.78, 5) is 4.19. The van der Waals surface area contributed by atoms with Crippen LogP contribution < -0.4 is 15.4 Å². The molecule has 0 radical (unpaired) electrons. The lowest BCUT2D eigenvalue weighted by Crippen LogP contribution is -2.38. The average molecular weight is 465 g/mol. The Bertz CT molecular complexity index is 455. The van der Waals surface area contributed by atoms with Gasteiger partial charge in [0.15, 0.2) is 5.96 Å². The number of aryl methyl sites for hydroxylation is 1. The molecule has 0 spiro atoms. The summed E-state index contributed by atoms with van der Waals surface area (Å²) in [5.74, 6) is 1.72.